The maximum Gasteiger partial charge on any atom is 0.141 e. The van der Waals surface area contributed by atoms with Crippen molar-refractivity contribution < 1.29 is 0 Å². The van der Waals surface area contributed by atoms with Crippen LogP contribution in [0.3, 0.4) is 0 Å². The Morgan fingerprint density at radius 3 is 1.63 bits per heavy atom. The Morgan fingerprint density at radius 1 is 0.370 bits per heavy atom. The number of rotatable bonds is 5. The lowest BCUT2D eigenvalue weighted by atomic mass is 9.93. The standard InChI is InChI=1S/C51H33N3/c1-4-14-33(15-5-1)35-24-27-40-43(30-35)44-31-36(37-26-29-48-45(32-37)39-20-11-13-23-47(39)54(48)38-18-8-3-9-19-38)25-28-41(44)49(40)51-52-46-22-12-10-21-42(46)50(53-51)34-16-6-2-7-17-34/h1-32,49H. The highest BCUT2D eigenvalue weighted by molar-refractivity contribution is 6.10. The summed E-state index contributed by atoms with van der Waals surface area (Å²) in [5.41, 5.74) is 16.3. The lowest BCUT2D eigenvalue weighted by Gasteiger charge is -2.16. The van der Waals surface area contributed by atoms with E-state index in [0.29, 0.717) is 0 Å². The van der Waals surface area contributed by atoms with Crippen LogP contribution in [-0.2, 0) is 0 Å². The zero-order valence-electron chi connectivity index (χ0n) is 29.4. The zero-order chi connectivity index (χ0) is 35.6. The fourth-order valence-electron chi connectivity index (χ4n) is 8.57. The number of nitrogens with zero attached hydrogens (tertiary/aromatic N) is 3. The molecule has 11 rings (SSSR count). The van der Waals surface area contributed by atoms with Gasteiger partial charge in [0.25, 0.3) is 0 Å². The molecule has 0 aliphatic heterocycles. The molecule has 2 aromatic heterocycles. The Bertz CT molecular complexity index is 3040. The van der Waals surface area contributed by atoms with Crippen molar-refractivity contribution in [2.75, 3.05) is 0 Å². The predicted molar refractivity (Wildman–Crippen MR) is 223 cm³/mol. The molecule has 3 heteroatoms. The van der Waals surface area contributed by atoms with Gasteiger partial charge in [0, 0.05) is 27.4 Å². The minimum absolute atomic E-state index is 0.104. The van der Waals surface area contributed by atoms with Crippen LogP contribution in [0.1, 0.15) is 22.9 Å². The van der Waals surface area contributed by atoms with E-state index in [1.807, 2.05) is 0 Å². The molecule has 0 amide bonds. The third kappa shape index (κ3) is 4.83. The topological polar surface area (TPSA) is 30.7 Å². The van der Waals surface area contributed by atoms with E-state index in [4.69, 9.17) is 9.97 Å². The van der Waals surface area contributed by atoms with E-state index in [1.165, 1.54) is 66.3 Å². The first-order valence-corrected chi connectivity index (χ1v) is 18.5. The molecular weight excluding hydrogens is 655 g/mol. The summed E-state index contributed by atoms with van der Waals surface area (Å²) in [6.45, 7) is 0. The third-order valence-electron chi connectivity index (χ3n) is 11.1. The monoisotopic (exact) mass is 687 g/mol. The normalized spacial score (nSPS) is 13.4. The van der Waals surface area contributed by atoms with Crippen LogP contribution in [0.15, 0.2) is 194 Å². The Balaban J connectivity index is 1.11. The van der Waals surface area contributed by atoms with Crippen LogP contribution in [-0.4, -0.2) is 14.5 Å². The van der Waals surface area contributed by atoms with E-state index in [1.54, 1.807) is 0 Å². The van der Waals surface area contributed by atoms with Gasteiger partial charge in [0.15, 0.2) is 0 Å². The molecule has 8 aromatic carbocycles. The minimum atomic E-state index is -0.104. The van der Waals surface area contributed by atoms with Crippen LogP contribution in [0, 0.1) is 0 Å². The van der Waals surface area contributed by atoms with Gasteiger partial charge in [0.2, 0.25) is 0 Å². The molecule has 1 unspecified atom stereocenters. The van der Waals surface area contributed by atoms with Gasteiger partial charge < -0.3 is 4.57 Å². The van der Waals surface area contributed by atoms with Crippen molar-refractivity contribution in [3.05, 3.63) is 211 Å². The molecule has 1 atom stereocenters. The molecule has 0 fully saturated rings. The molecule has 1 aliphatic carbocycles. The Morgan fingerprint density at radius 2 is 0.907 bits per heavy atom. The van der Waals surface area contributed by atoms with Crippen molar-refractivity contribution in [1.82, 2.24) is 14.5 Å². The minimum Gasteiger partial charge on any atom is -0.309 e. The van der Waals surface area contributed by atoms with Gasteiger partial charge in [0.1, 0.15) is 5.82 Å². The molecule has 1 aliphatic rings. The summed E-state index contributed by atoms with van der Waals surface area (Å²) in [5, 5.41) is 3.56. The maximum atomic E-state index is 5.39. The lowest BCUT2D eigenvalue weighted by molar-refractivity contribution is 0.891. The SMILES string of the molecule is c1ccc(-c2ccc3c(c2)-c2cc(-c4ccc5c(c4)c4ccccc4n5-c4ccccc4)ccc2C3c2nc(-c3ccccc3)c3ccccc3n2)cc1. The van der Waals surface area contributed by atoms with Crippen LogP contribution in [0.2, 0.25) is 0 Å². The third-order valence-corrected chi connectivity index (χ3v) is 11.1. The lowest BCUT2D eigenvalue weighted by Crippen LogP contribution is -2.07. The van der Waals surface area contributed by atoms with E-state index in [0.717, 1.165) is 33.7 Å². The van der Waals surface area contributed by atoms with Crippen LogP contribution < -0.4 is 0 Å². The largest absolute Gasteiger partial charge is 0.309 e. The highest BCUT2D eigenvalue weighted by Gasteiger charge is 2.33. The number of hydrogen-bond donors (Lipinski definition) is 0. The van der Waals surface area contributed by atoms with Gasteiger partial charge >= 0.3 is 0 Å². The molecule has 0 bridgehead atoms. The Hall–Kier alpha value is -7.10. The second kappa shape index (κ2) is 12.3. The predicted octanol–water partition coefficient (Wildman–Crippen LogP) is 12.9. The molecule has 252 valence electrons. The Labute approximate surface area is 313 Å². The summed E-state index contributed by atoms with van der Waals surface area (Å²) in [5.74, 6) is 0.718. The molecule has 0 radical (unpaired) electrons. The van der Waals surface area contributed by atoms with Crippen molar-refractivity contribution in [1.29, 1.82) is 0 Å². The summed E-state index contributed by atoms with van der Waals surface area (Å²) in [6, 6.07) is 69.7. The van der Waals surface area contributed by atoms with Crippen LogP contribution >= 0.6 is 0 Å². The average molecular weight is 688 g/mol. The van der Waals surface area contributed by atoms with Crippen molar-refractivity contribution >= 4 is 32.7 Å². The summed E-state index contributed by atoms with van der Waals surface area (Å²) >= 11 is 0. The molecule has 3 nitrogen and oxygen atoms in total. The van der Waals surface area contributed by atoms with E-state index < -0.39 is 0 Å². The number of para-hydroxylation sites is 3. The summed E-state index contributed by atoms with van der Waals surface area (Å²) in [6.07, 6.45) is 0. The zero-order valence-corrected chi connectivity index (χ0v) is 29.4. The first kappa shape index (κ1) is 30.5. The highest BCUT2D eigenvalue weighted by atomic mass is 15.0. The molecule has 0 saturated carbocycles. The van der Waals surface area contributed by atoms with Crippen molar-refractivity contribution in [2.24, 2.45) is 0 Å². The number of fused-ring (bicyclic) bond motifs is 7. The molecule has 54 heavy (non-hydrogen) atoms. The number of hydrogen-bond acceptors (Lipinski definition) is 2. The van der Waals surface area contributed by atoms with Crippen molar-refractivity contribution in [3.63, 3.8) is 0 Å². The smallest absolute Gasteiger partial charge is 0.141 e. The summed E-state index contributed by atoms with van der Waals surface area (Å²) in [4.78, 5) is 10.7. The first-order valence-electron chi connectivity index (χ1n) is 18.5. The molecular formula is C51H33N3. The van der Waals surface area contributed by atoms with Crippen molar-refractivity contribution in [2.45, 2.75) is 5.92 Å². The highest BCUT2D eigenvalue weighted by Crippen LogP contribution is 2.50. The molecule has 0 saturated heterocycles. The molecule has 0 spiro atoms. The molecule has 2 heterocycles. The second-order valence-corrected chi connectivity index (χ2v) is 14.1. The second-order valence-electron chi connectivity index (χ2n) is 14.1. The number of benzene rings is 8. The molecule has 0 N–H and O–H groups in total. The van der Waals surface area contributed by atoms with Gasteiger partial charge in [-0.1, -0.05) is 146 Å². The summed E-state index contributed by atoms with van der Waals surface area (Å²) in [7, 11) is 0. The van der Waals surface area contributed by atoms with E-state index in [2.05, 4.69) is 199 Å². The number of aromatic nitrogens is 3. The van der Waals surface area contributed by atoms with Gasteiger partial charge in [-0.05, 0) is 93.0 Å². The first-order chi connectivity index (χ1) is 26.8. The summed E-state index contributed by atoms with van der Waals surface area (Å²) < 4.78 is 2.37. The van der Waals surface area contributed by atoms with Gasteiger partial charge in [-0.15, -0.1) is 0 Å². The van der Waals surface area contributed by atoms with Gasteiger partial charge in [-0.25, -0.2) is 9.97 Å². The van der Waals surface area contributed by atoms with E-state index in [9.17, 15) is 0 Å². The quantitative estimate of drug-likeness (QED) is 0.180. The van der Waals surface area contributed by atoms with Crippen molar-refractivity contribution in [3.8, 4) is 50.3 Å². The van der Waals surface area contributed by atoms with Gasteiger partial charge in [-0.2, -0.15) is 0 Å². The van der Waals surface area contributed by atoms with Crippen LogP contribution in [0.4, 0.5) is 0 Å². The molecule has 10 aromatic rings. The average Bonchev–Trinajstić information content (AvgIpc) is 3.76. The van der Waals surface area contributed by atoms with E-state index in [-0.39, 0.29) is 5.92 Å². The Kier molecular flexibility index (Phi) is 6.93. The maximum absolute atomic E-state index is 5.39. The van der Waals surface area contributed by atoms with Crippen LogP contribution in [0.5, 0.6) is 0 Å². The van der Waals surface area contributed by atoms with Crippen LogP contribution in [0.25, 0.3) is 83.0 Å². The fourth-order valence-corrected chi connectivity index (χ4v) is 8.57. The van der Waals surface area contributed by atoms with Gasteiger partial charge in [-0.3, -0.25) is 0 Å². The van der Waals surface area contributed by atoms with E-state index >= 15 is 0 Å². The van der Waals surface area contributed by atoms with Gasteiger partial charge in [0.05, 0.1) is 28.2 Å². The fraction of sp³-hybridized carbons (Fsp3) is 0.0196.